The number of carbonyl (C=O) groups excluding carboxylic acids is 2. The molecule has 0 saturated heterocycles. The van der Waals surface area contributed by atoms with Crippen molar-refractivity contribution in [2.45, 2.75) is 46.5 Å². The van der Waals surface area contributed by atoms with Gasteiger partial charge < -0.3 is 14.8 Å². The van der Waals surface area contributed by atoms with Crippen molar-refractivity contribution >= 4 is 11.8 Å². The van der Waals surface area contributed by atoms with Crippen molar-refractivity contribution in [2.24, 2.45) is 5.41 Å². The van der Waals surface area contributed by atoms with E-state index in [0.717, 1.165) is 17.7 Å². The molecule has 1 aliphatic carbocycles. The first-order valence-corrected chi connectivity index (χ1v) is 10.0. The summed E-state index contributed by atoms with van der Waals surface area (Å²) in [6.07, 6.45) is 2.72. The average Bonchev–Trinajstić information content (AvgIpc) is 2.64. The molecule has 2 aliphatic rings. The molecule has 0 bridgehead atoms. The van der Waals surface area contributed by atoms with Gasteiger partial charge in [0.1, 0.15) is 12.4 Å². The van der Waals surface area contributed by atoms with Crippen LogP contribution in [-0.2, 0) is 14.3 Å². The Morgan fingerprint density at radius 1 is 1.31 bits per heavy atom. The van der Waals surface area contributed by atoms with Gasteiger partial charge in [0, 0.05) is 29.0 Å². The van der Waals surface area contributed by atoms with Crippen LogP contribution in [0.15, 0.2) is 59.5 Å². The number of benzene rings is 1. The Kier molecular flexibility index (Phi) is 5.96. The molecule has 1 aromatic carbocycles. The highest BCUT2D eigenvalue weighted by Crippen LogP contribution is 2.48. The SMILES string of the molecule is C=CCOC(=O)C1=C(C)NC2=C(C(=O)CC(C)(C)C2)[C@@H]1c1ccccc1OCC. The molecule has 29 heavy (non-hydrogen) atoms. The molecule has 1 aromatic rings. The van der Waals surface area contributed by atoms with E-state index in [0.29, 0.717) is 35.6 Å². The van der Waals surface area contributed by atoms with Crippen molar-refractivity contribution in [1.29, 1.82) is 0 Å². The van der Waals surface area contributed by atoms with Crippen LogP contribution in [0, 0.1) is 5.41 Å². The van der Waals surface area contributed by atoms with Gasteiger partial charge in [0.25, 0.3) is 0 Å². The van der Waals surface area contributed by atoms with Crippen LogP contribution in [-0.4, -0.2) is 25.0 Å². The number of allylic oxidation sites excluding steroid dienone is 3. The minimum absolute atomic E-state index is 0.0570. The Hall–Kier alpha value is -2.82. The summed E-state index contributed by atoms with van der Waals surface area (Å²) in [5.41, 5.74) is 3.37. The van der Waals surface area contributed by atoms with Gasteiger partial charge in [0.15, 0.2) is 5.78 Å². The minimum atomic E-state index is -0.519. The number of ether oxygens (including phenoxy) is 2. The summed E-state index contributed by atoms with van der Waals surface area (Å²) >= 11 is 0. The molecule has 1 aliphatic heterocycles. The highest BCUT2D eigenvalue weighted by molar-refractivity contribution is 6.04. The van der Waals surface area contributed by atoms with Crippen LogP contribution >= 0.6 is 0 Å². The largest absolute Gasteiger partial charge is 0.494 e. The predicted molar refractivity (Wildman–Crippen MR) is 112 cm³/mol. The zero-order valence-electron chi connectivity index (χ0n) is 17.6. The molecule has 0 amide bonds. The molecule has 5 heteroatoms. The number of ketones is 1. The highest BCUT2D eigenvalue weighted by Gasteiger charge is 2.43. The van der Waals surface area contributed by atoms with E-state index < -0.39 is 11.9 Å². The van der Waals surface area contributed by atoms with Crippen LogP contribution in [0.1, 0.15) is 52.0 Å². The normalized spacial score (nSPS) is 20.7. The fraction of sp³-hybridized carbons (Fsp3) is 0.417. The Morgan fingerprint density at radius 3 is 2.72 bits per heavy atom. The summed E-state index contributed by atoms with van der Waals surface area (Å²) in [6.45, 7) is 12.2. The molecule has 1 heterocycles. The van der Waals surface area contributed by atoms with Gasteiger partial charge in [-0.25, -0.2) is 4.79 Å². The second-order valence-electron chi connectivity index (χ2n) is 8.29. The van der Waals surface area contributed by atoms with Gasteiger partial charge >= 0.3 is 5.97 Å². The van der Waals surface area contributed by atoms with Crippen LogP contribution in [0.4, 0.5) is 0 Å². The van der Waals surface area contributed by atoms with Crippen molar-refractivity contribution in [3.05, 3.63) is 65.0 Å². The second kappa shape index (κ2) is 8.27. The third kappa shape index (κ3) is 4.14. The summed E-state index contributed by atoms with van der Waals surface area (Å²) in [7, 11) is 0. The predicted octanol–water partition coefficient (Wildman–Crippen LogP) is 4.42. The topological polar surface area (TPSA) is 64.6 Å². The molecule has 154 valence electrons. The number of hydrogen-bond donors (Lipinski definition) is 1. The van der Waals surface area contributed by atoms with Crippen molar-refractivity contribution in [3.8, 4) is 5.75 Å². The summed E-state index contributed by atoms with van der Waals surface area (Å²) in [4.78, 5) is 26.2. The first kappa shape index (κ1) is 20.9. The molecule has 0 saturated carbocycles. The summed E-state index contributed by atoms with van der Waals surface area (Å²) in [5.74, 6) is -0.236. The molecule has 0 spiro atoms. The maximum Gasteiger partial charge on any atom is 0.337 e. The van der Waals surface area contributed by atoms with E-state index in [2.05, 4.69) is 25.7 Å². The molecule has 1 N–H and O–H groups in total. The van der Waals surface area contributed by atoms with Gasteiger partial charge in [-0.15, -0.1) is 0 Å². The molecular formula is C24H29NO4. The third-order valence-corrected chi connectivity index (χ3v) is 5.32. The lowest BCUT2D eigenvalue weighted by Crippen LogP contribution is -2.38. The molecule has 0 fully saturated rings. The third-order valence-electron chi connectivity index (χ3n) is 5.32. The lowest BCUT2D eigenvalue weighted by atomic mass is 9.68. The molecular weight excluding hydrogens is 366 g/mol. The monoisotopic (exact) mass is 395 g/mol. The van der Waals surface area contributed by atoms with Crippen LogP contribution < -0.4 is 10.1 Å². The highest BCUT2D eigenvalue weighted by atomic mass is 16.5. The van der Waals surface area contributed by atoms with Crippen LogP contribution in [0.2, 0.25) is 0 Å². The average molecular weight is 395 g/mol. The van der Waals surface area contributed by atoms with E-state index in [1.165, 1.54) is 6.08 Å². The molecule has 1 atom stereocenters. The van der Waals surface area contributed by atoms with Gasteiger partial charge in [-0.05, 0) is 31.7 Å². The van der Waals surface area contributed by atoms with Crippen molar-refractivity contribution in [1.82, 2.24) is 5.32 Å². The Labute approximate surface area is 172 Å². The van der Waals surface area contributed by atoms with E-state index >= 15 is 0 Å². The first-order chi connectivity index (χ1) is 13.8. The minimum Gasteiger partial charge on any atom is -0.494 e. The fourth-order valence-electron chi connectivity index (χ4n) is 4.24. The van der Waals surface area contributed by atoms with Crippen LogP contribution in [0.25, 0.3) is 0 Å². The lowest BCUT2D eigenvalue weighted by molar-refractivity contribution is -0.138. The lowest BCUT2D eigenvalue weighted by Gasteiger charge is -2.39. The molecule has 3 rings (SSSR count). The van der Waals surface area contributed by atoms with E-state index in [1.54, 1.807) is 0 Å². The van der Waals surface area contributed by atoms with Crippen molar-refractivity contribution < 1.29 is 19.1 Å². The zero-order valence-corrected chi connectivity index (χ0v) is 17.6. The number of para-hydroxylation sites is 1. The number of dihydropyridines is 1. The van der Waals surface area contributed by atoms with Crippen LogP contribution in [0.3, 0.4) is 0 Å². The number of nitrogens with one attached hydrogen (secondary N) is 1. The quantitative estimate of drug-likeness (QED) is 0.571. The van der Waals surface area contributed by atoms with E-state index in [-0.39, 0.29) is 17.8 Å². The summed E-state index contributed by atoms with van der Waals surface area (Å²) in [6, 6.07) is 7.59. The van der Waals surface area contributed by atoms with Crippen LogP contribution in [0.5, 0.6) is 5.75 Å². The van der Waals surface area contributed by atoms with Gasteiger partial charge in [0.05, 0.1) is 18.1 Å². The molecule has 0 aromatic heterocycles. The second-order valence-corrected chi connectivity index (χ2v) is 8.29. The zero-order chi connectivity index (χ0) is 21.2. The van der Waals surface area contributed by atoms with Gasteiger partial charge in [-0.3, -0.25) is 4.79 Å². The number of rotatable bonds is 6. The van der Waals surface area contributed by atoms with Gasteiger partial charge in [0.2, 0.25) is 0 Å². The number of esters is 1. The van der Waals surface area contributed by atoms with Crippen molar-refractivity contribution in [3.63, 3.8) is 0 Å². The van der Waals surface area contributed by atoms with E-state index in [1.807, 2.05) is 38.1 Å². The van der Waals surface area contributed by atoms with Gasteiger partial charge in [-0.2, -0.15) is 0 Å². The molecule has 0 unspecified atom stereocenters. The maximum atomic E-state index is 13.3. The Morgan fingerprint density at radius 2 is 2.03 bits per heavy atom. The summed E-state index contributed by atoms with van der Waals surface area (Å²) in [5, 5.41) is 3.33. The van der Waals surface area contributed by atoms with Crippen molar-refractivity contribution in [2.75, 3.05) is 13.2 Å². The maximum absolute atomic E-state index is 13.3. The fourth-order valence-corrected chi connectivity index (χ4v) is 4.24. The first-order valence-electron chi connectivity index (χ1n) is 10.0. The number of carbonyl (C=O) groups is 2. The van der Waals surface area contributed by atoms with Gasteiger partial charge in [-0.1, -0.05) is 44.7 Å². The Bertz CT molecular complexity index is 907. The number of Topliss-reactive ketones (excluding diaryl/α,β-unsaturated/α-hetero) is 1. The summed E-state index contributed by atoms with van der Waals surface area (Å²) < 4.78 is 11.2. The molecule has 5 nitrogen and oxygen atoms in total. The van der Waals surface area contributed by atoms with E-state index in [9.17, 15) is 9.59 Å². The number of hydrogen-bond acceptors (Lipinski definition) is 5. The smallest absolute Gasteiger partial charge is 0.337 e. The molecule has 0 radical (unpaired) electrons. The standard InChI is InChI=1S/C24H29NO4/c1-6-12-29-23(27)20-15(3)25-17-13-24(4,5)14-18(26)22(17)21(20)16-10-8-9-11-19(16)28-7-2/h6,8-11,21,25H,1,7,12-14H2,2-5H3/t21-/m1/s1. The van der Waals surface area contributed by atoms with E-state index in [4.69, 9.17) is 9.47 Å². The Balaban J connectivity index is 2.19.